The average molecular weight is 285 g/mol. The highest BCUT2D eigenvalue weighted by Gasteiger charge is 2.13. The molecule has 0 saturated carbocycles. The predicted octanol–water partition coefficient (Wildman–Crippen LogP) is 3.47. The molecule has 0 radical (unpaired) electrons. The van der Waals surface area contributed by atoms with E-state index in [1.807, 2.05) is 34.7 Å². The number of hydrogen-bond donors (Lipinski definition) is 0. The average Bonchev–Trinajstić information content (AvgIpc) is 3.00. The Morgan fingerprint density at radius 2 is 2.19 bits per heavy atom. The van der Waals surface area contributed by atoms with Crippen LogP contribution in [0, 0.1) is 0 Å². The molecule has 1 heterocycles. The molecule has 0 aliphatic carbocycles. The fourth-order valence-electron chi connectivity index (χ4n) is 2.32. The molecular weight excluding hydrogens is 262 g/mol. The SMILES string of the molecule is CCCCN(C(=O)CC)c1cccc(Cn2ccnc2)c1. The molecule has 2 aromatic rings. The lowest BCUT2D eigenvalue weighted by atomic mass is 10.1. The summed E-state index contributed by atoms with van der Waals surface area (Å²) in [7, 11) is 0. The molecule has 4 nitrogen and oxygen atoms in total. The number of anilines is 1. The van der Waals surface area contributed by atoms with E-state index in [1.54, 1.807) is 12.5 Å². The molecule has 0 aliphatic rings. The third-order valence-corrected chi connectivity index (χ3v) is 3.49. The Balaban J connectivity index is 2.18. The van der Waals surface area contributed by atoms with E-state index in [9.17, 15) is 4.79 Å². The maximum atomic E-state index is 12.2. The minimum atomic E-state index is 0.184. The molecule has 112 valence electrons. The molecule has 0 N–H and O–H groups in total. The number of unbranched alkanes of at least 4 members (excludes halogenated alkanes) is 1. The number of hydrogen-bond acceptors (Lipinski definition) is 2. The van der Waals surface area contributed by atoms with Crippen molar-refractivity contribution < 1.29 is 4.79 Å². The number of carbonyl (C=O) groups excluding carboxylic acids is 1. The van der Waals surface area contributed by atoms with Crippen molar-refractivity contribution in [3.05, 3.63) is 48.5 Å². The highest BCUT2D eigenvalue weighted by atomic mass is 16.2. The molecule has 0 spiro atoms. The van der Waals surface area contributed by atoms with Crippen molar-refractivity contribution in [2.75, 3.05) is 11.4 Å². The lowest BCUT2D eigenvalue weighted by molar-refractivity contribution is -0.118. The summed E-state index contributed by atoms with van der Waals surface area (Å²) < 4.78 is 2.02. The number of benzene rings is 1. The summed E-state index contributed by atoms with van der Waals surface area (Å²) in [6, 6.07) is 8.21. The summed E-state index contributed by atoms with van der Waals surface area (Å²) in [5.74, 6) is 0.184. The van der Waals surface area contributed by atoms with Crippen LogP contribution in [0.2, 0.25) is 0 Å². The topological polar surface area (TPSA) is 38.1 Å². The van der Waals surface area contributed by atoms with Gasteiger partial charge in [-0.05, 0) is 24.1 Å². The van der Waals surface area contributed by atoms with Crippen LogP contribution in [-0.2, 0) is 11.3 Å². The molecule has 0 saturated heterocycles. The fourth-order valence-corrected chi connectivity index (χ4v) is 2.32. The van der Waals surface area contributed by atoms with E-state index >= 15 is 0 Å². The van der Waals surface area contributed by atoms with Crippen molar-refractivity contribution >= 4 is 11.6 Å². The third kappa shape index (κ3) is 4.18. The van der Waals surface area contributed by atoms with E-state index in [0.29, 0.717) is 6.42 Å². The van der Waals surface area contributed by atoms with Gasteiger partial charge < -0.3 is 9.47 Å². The van der Waals surface area contributed by atoms with Gasteiger partial charge in [0, 0.05) is 37.6 Å². The number of amides is 1. The number of rotatable bonds is 7. The van der Waals surface area contributed by atoms with Crippen molar-refractivity contribution in [3.63, 3.8) is 0 Å². The molecule has 1 aromatic carbocycles. The molecule has 4 heteroatoms. The van der Waals surface area contributed by atoms with Crippen LogP contribution < -0.4 is 4.90 Å². The second kappa shape index (κ2) is 7.62. The van der Waals surface area contributed by atoms with Crippen LogP contribution >= 0.6 is 0 Å². The highest BCUT2D eigenvalue weighted by molar-refractivity contribution is 5.93. The Labute approximate surface area is 126 Å². The van der Waals surface area contributed by atoms with Gasteiger partial charge in [0.1, 0.15) is 0 Å². The van der Waals surface area contributed by atoms with Gasteiger partial charge in [0.25, 0.3) is 0 Å². The number of imidazole rings is 1. The minimum absolute atomic E-state index is 0.184. The van der Waals surface area contributed by atoms with Gasteiger partial charge in [-0.15, -0.1) is 0 Å². The molecule has 0 unspecified atom stereocenters. The van der Waals surface area contributed by atoms with Crippen LogP contribution in [0.1, 0.15) is 38.7 Å². The first-order valence-electron chi connectivity index (χ1n) is 7.59. The van der Waals surface area contributed by atoms with Gasteiger partial charge in [0.2, 0.25) is 5.91 Å². The quantitative estimate of drug-likeness (QED) is 0.781. The second-order valence-electron chi connectivity index (χ2n) is 5.16. The summed E-state index contributed by atoms with van der Waals surface area (Å²) in [5, 5.41) is 0. The number of aromatic nitrogens is 2. The van der Waals surface area contributed by atoms with Gasteiger partial charge in [0.15, 0.2) is 0 Å². The first-order valence-corrected chi connectivity index (χ1v) is 7.59. The van der Waals surface area contributed by atoms with Crippen molar-refractivity contribution in [3.8, 4) is 0 Å². The zero-order chi connectivity index (χ0) is 15.1. The first kappa shape index (κ1) is 15.3. The molecule has 21 heavy (non-hydrogen) atoms. The van der Waals surface area contributed by atoms with Gasteiger partial charge in [-0.1, -0.05) is 32.4 Å². The maximum Gasteiger partial charge on any atom is 0.226 e. The van der Waals surface area contributed by atoms with E-state index in [4.69, 9.17) is 0 Å². The zero-order valence-electron chi connectivity index (χ0n) is 12.8. The third-order valence-electron chi connectivity index (χ3n) is 3.49. The minimum Gasteiger partial charge on any atom is -0.333 e. The van der Waals surface area contributed by atoms with Gasteiger partial charge in [0.05, 0.1) is 6.33 Å². The second-order valence-corrected chi connectivity index (χ2v) is 5.16. The van der Waals surface area contributed by atoms with E-state index in [2.05, 4.69) is 24.0 Å². The van der Waals surface area contributed by atoms with Gasteiger partial charge in [-0.2, -0.15) is 0 Å². The van der Waals surface area contributed by atoms with Crippen molar-refractivity contribution in [1.82, 2.24) is 9.55 Å². The van der Waals surface area contributed by atoms with E-state index in [1.165, 1.54) is 5.56 Å². The monoisotopic (exact) mass is 285 g/mol. The molecule has 0 fully saturated rings. The van der Waals surface area contributed by atoms with E-state index in [0.717, 1.165) is 31.6 Å². The summed E-state index contributed by atoms with van der Waals surface area (Å²) >= 11 is 0. The fraction of sp³-hybridized carbons (Fsp3) is 0.412. The normalized spacial score (nSPS) is 10.6. The Hall–Kier alpha value is -2.10. The lowest BCUT2D eigenvalue weighted by Crippen LogP contribution is -2.31. The van der Waals surface area contributed by atoms with Crippen molar-refractivity contribution in [2.24, 2.45) is 0 Å². The standard InChI is InChI=1S/C17H23N3O/c1-3-5-10-20(17(21)4-2)16-8-6-7-15(12-16)13-19-11-9-18-14-19/h6-9,11-12,14H,3-5,10,13H2,1-2H3. The Bertz CT molecular complexity index is 563. The van der Waals surface area contributed by atoms with Gasteiger partial charge in [-0.25, -0.2) is 4.98 Å². The molecular formula is C17H23N3O. The summed E-state index contributed by atoms with van der Waals surface area (Å²) in [4.78, 5) is 18.1. The van der Waals surface area contributed by atoms with E-state index in [-0.39, 0.29) is 5.91 Å². The highest BCUT2D eigenvalue weighted by Crippen LogP contribution is 2.19. The Morgan fingerprint density at radius 3 is 2.86 bits per heavy atom. The van der Waals surface area contributed by atoms with Crippen LogP contribution in [-0.4, -0.2) is 22.0 Å². The van der Waals surface area contributed by atoms with Gasteiger partial charge >= 0.3 is 0 Å². The van der Waals surface area contributed by atoms with Crippen LogP contribution in [0.5, 0.6) is 0 Å². The predicted molar refractivity (Wildman–Crippen MR) is 85.3 cm³/mol. The first-order chi connectivity index (χ1) is 10.2. The molecule has 0 atom stereocenters. The molecule has 1 aromatic heterocycles. The van der Waals surface area contributed by atoms with Crippen LogP contribution in [0.15, 0.2) is 43.0 Å². The summed E-state index contributed by atoms with van der Waals surface area (Å²) in [6.45, 7) is 5.62. The Kier molecular flexibility index (Phi) is 5.55. The van der Waals surface area contributed by atoms with Gasteiger partial charge in [-0.3, -0.25) is 4.79 Å². The maximum absolute atomic E-state index is 12.2. The Morgan fingerprint density at radius 1 is 1.33 bits per heavy atom. The van der Waals surface area contributed by atoms with E-state index < -0.39 is 0 Å². The number of nitrogens with zero attached hydrogens (tertiary/aromatic N) is 3. The smallest absolute Gasteiger partial charge is 0.226 e. The molecule has 0 aliphatic heterocycles. The van der Waals surface area contributed by atoms with Crippen LogP contribution in [0.25, 0.3) is 0 Å². The largest absolute Gasteiger partial charge is 0.333 e. The van der Waals surface area contributed by atoms with Crippen molar-refractivity contribution in [2.45, 2.75) is 39.7 Å². The lowest BCUT2D eigenvalue weighted by Gasteiger charge is -2.23. The molecule has 2 rings (SSSR count). The summed E-state index contributed by atoms with van der Waals surface area (Å²) in [5.41, 5.74) is 2.17. The van der Waals surface area contributed by atoms with Crippen molar-refractivity contribution in [1.29, 1.82) is 0 Å². The van der Waals surface area contributed by atoms with Crippen LogP contribution in [0.3, 0.4) is 0 Å². The van der Waals surface area contributed by atoms with Crippen LogP contribution in [0.4, 0.5) is 5.69 Å². The molecule has 0 bridgehead atoms. The number of carbonyl (C=O) groups is 1. The molecule has 1 amide bonds. The zero-order valence-corrected chi connectivity index (χ0v) is 12.8. The summed E-state index contributed by atoms with van der Waals surface area (Å²) in [6.07, 6.45) is 8.17.